The maximum Gasteiger partial charge on any atom is 0.228 e. The molecule has 0 aliphatic heterocycles. The van der Waals surface area contributed by atoms with Crippen LogP contribution in [0.15, 0.2) is 48.5 Å². The lowest BCUT2D eigenvalue weighted by Crippen LogP contribution is -2.30. The minimum Gasteiger partial charge on any atom is -0.399 e. The first kappa shape index (κ1) is 17.6. The smallest absolute Gasteiger partial charge is 0.228 e. The molecule has 2 aromatic carbocycles. The number of nitrogens with two attached hydrogens (primary N) is 1. The zero-order chi connectivity index (χ0) is 17.5. The summed E-state index contributed by atoms with van der Waals surface area (Å²) in [6, 6.07) is 17.6. The fourth-order valence-electron chi connectivity index (χ4n) is 2.73. The van der Waals surface area contributed by atoms with Crippen molar-refractivity contribution in [3.8, 4) is 17.2 Å². The fourth-order valence-corrected chi connectivity index (χ4v) is 2.73. The zero-order valence-electron chi connectivity index (χ0n) is 14.1. The van der Waals surface area contributed by atoms with Crippen molar-refractivity contribution in [1.82, 2.24) is 5.32 Å². The minimum atomic E-state index is -0.257. The van der Waals surface area contributed by atoms with Gasteiger partial charge in [-0.2, -0.15) is 5.26 Å². The number of carbonyl (C=O) groups is 1. The molecular weight excluding hydrogens is 298 g/mol. The molecule has 1 amide bonds. The molecule has 0 heterocycles. The molecule has 0 fully saturated rings. The number of amides is 1. The molecule has 1 atom stereocenters. The van der Waals surface area contributed by atoms with Gasteiger partial charge in [0, 0.05) is 5.69 Å². The molecule has 0 aromatic heterocycles. The first-order valence-corrected chi connectivity index (χ1v) is 8.11. The van der Waals surface area contributed by atoms with Crippen LogP contribution < -0.4 is 11.1 Å². The summed E-state index contributed by atoms with van der Waals surface area (Å²) >= 11 is 0. The first-order valence-electron chi connectivity index (χ1n) is 8.11. The van der Waals surface area contributed by atoms with Crippen molar-refractivity contribution in [3.63, 3.8) is 0 Å². The third-order valence-corrected chi connectivity index (χ3v) is 3.90. The van der Waals surface area contributed by atoms with E-state index in [1.807, 2.05) is 54.6 Å². The summed E-state index contributed by atoms with van der Waals surface area (Å²) in [6.07, 6.45) is 0.739. The van der Waals surface area contributed by atoms with Gasteiger partial charge in [-0.15, -0.1) is 0 Å². The molecule has 2 rings (SSSR count). The molecule has 2 aromatic rings. The Bertz CT molecular complexity index is 729. The van der Waals surface area contributed by atoms with E-state index in [0.717, 1.165) is 28.8 Å². The molecule has 0 aliphatic carbocycles. The fraction of sp³-hybridized carbons (Fsp3) is 0.300. The lowest BCUT2D eigenvalue weighted by Gasteiger charge is -2.19. The van der Waals surface area contributed by atoms with E-state index >= 15 is 0 Å². The van der Waals surface area contributed by atoms with E-state index in [1.54, 1.807) is 0 Å². The highest BCUT2D eigenvalue weighted by atomic mass is 16.1. The molecule has 4 heteroatoms. The van der Waals surface area contributed by atoms with Crippen LogP contribution >= 0.6 is 0 Å². The number of nitrogen functional groups attached to an aromatic ring is 1. The molecule has 0 spiro atoms. The van der Waals surface area contributed by atoms with Crippen LogP contribution in [0.1, 0.15) is 31.7 Å². The van der Waals surface area contributed by atoms with E-state index in [4.69, 9.17) is 11.0 Å². The quantitative estimate of drug-likeness (QED) is 0.629. The lowest BCUT2D eigenvalue weighted by molar-refractivity contribution is -0.122. The van der Waals surface area contributed by atoms with E-state index in [0.29, 0.717) is 5.92 Å². The van der Waals surface area contributed by atoms with Crippen LogP contribution in [-0.2, 0) is 4.79 Å². The SMILES string of the molecule is CC(C)C[C@@H](C(=O)NCC#N)c1cccc(-c2ccc(N)cc2)c1. The van der Waals surface area contributed by atoms with E-state index in [1.165, 1.54) is 0 Å². The Balaban J connectivity index is 2.32. The van der Waals surface area contributed by atoms with Crippen LogP contribution in [0.5, 0.6) is 0 Å². The summed E-state index contributed by atoms with van der Waals surface area (Å²) in [4.78, 5) is 12.5. The molecule has 0 radical (unpaired) electrons. The molecule has 3 N–H and O–H groups in total. The van der Waals surface area contributed by atoms with Crippen molar-refractivity contribution in [1.29, 1.82) is 5.26 Å². The second kappa shape index (κ2) is 8.16. The van der Waals surface area contributed by atoms with Gasteiger partial charge in [0.15, 0.2) is 0 Å². The Morgan fingerprint density at radius 2 is 1.88 bits per heavy atom. The van der Waals surface area contributed by atoms with Crippen LogP contribution in [0.4, 0.5) is 5.69 Å². The number of hydrogen-bond acceptors (Lipinski definition) is 3. The average Bonchev–Trinajstić information content (AvgIpc) is 2.58. The Labute approximate surface area is 143 Å². The monoisotopic (exact) mass is 321 g/mol. The second-order valence-electron chi connectivity index (χ2n) is 6.31. The summed E-state index contributed by atoms with van der Waals surface area (Å²) in [6.45, 7) is 4.22. The topological polar surface area (TPSA) is 78.9 Å². The van der Waals surface area contributed by atoms with Crippen molar-refractivity contribution < 1.29 is 4.79 Å². The van der Waals surface area contributed by atoms with E-state index in [2.05, 4.69) is 19.2 Å². The number of anilines is 1. The van der Waals surface area contributed by atoms with E-state index in [9.17, 15) is 4.79 Å². The Morgan fingerprint density at radius 3 is 2.50 bits per heavy atom. The summed E-state index contributed by atoms with van der Waals surface area (Å²) in [5.41, 5.74) is 9.55. The van der Waals surface area contributed by atoms with Gasteiger partial charge < -0.3 is 11.1 Å². The van der Waals surface area contributed by atoms with Crippen LogP contribution in [-0.4, -0.2) is 12.5 Å². The summed E-state index contributed by atoms with van der Waals surface area (Å²) in [7, 11) is 0. The maximum atomic E-state index is 12.5. The standard InChI is InChI=1S/C20H23N3O/c1-14(2)12-19(20(24)23-11-10-21)17-5-3-4-16(13-17)15-6-8-18(22)9-7-15/h3-9,13-14,19H,11-12,22H2,1-2H3,(H,23,24)/t19-/m1/s1. The highest BCUT2D eigenvalue weighted by molar-refractivity contribution is 5.84. The predicted octanol–water partition coefficient (Wildman–Crippen LogP) is 3.71. The average molecular weight is 321 g/mol. The Hall–Kier alpha value is -2.80. The Kier molecular flexibility index (Phi) is 5.97. The molecule has 4 nitrogen and oxygen atoms in total. The molecule has 0 aliphatic rings. The number of rotatable bonds is 6. The van der Waals surface area contributed by atoms with Crippen molar-refractivity contribution >= 4 is 11.6 Å². The molecular formula is C20H23N3O. The minimum absolute atomic E-state index is 0.0328. The summed E-state index contributed by atoms with van der Waals surface area (Å²) in [5, 5.41) is 11.4. The molecule has 0 unspecified atom stereocenters. The van der Waals surface area contributed by atoms with E-state index < -0.39 is 0 Å². The van der Waals surface area contributed by atoms with Crippen molar-refractivity contribution in [2.75, 3.05) is 12.3 Å². The molecule has 0 saturated carbocycles. The van der Waals surface area contributed by atoms with Gasteiger partial charge in [0.2, 0.25) is 5.91 Å². The van der Waals surface area contributed by atoms with E-state index in [-0.39, 0.29) is 18.4 Å². The summed E-state index contributed by atoms with van der Waals surface area (Å²) in [5.74, 6) is 0.0230. The number of hydrogen-bond donors (Lipinski definition) is 2. The van der Waals surface area contributed by atoms with Crippen molar-refractivity contribution in [2.45, 2.75) is 26.2 Å². The zero-order valence-corrected chi connectivity index (χ0v) is 14.1. The maximum absolute atomic E-state index is 12.5. The number of nitrogens with zero attached hydrogens (tertiary/aromatic N) is 1. The summed E-state index contributed by atoms with van der Waals surface area (Å²) < 4.78 is 0. The van der Waals surface area contributed by atoms with Crippen LogP contribution in [0.25, 0.3) is 11.1 Å². The van der Waals surface area contributed by atoms with Gasteiger partial charge in [-0.25, -0.2) is 0 Å². The van der Waals surface area contributed by atoms with Crippen LogP contribution in [0.2, 0.25) is 0 Å². The number of nitriles is 1. The predicted molar refractivity (Wildman–Crippen MR) is 97.1 cm³/mol. The number of nitrogens with one attached hydrogen (secondary N) is 1. The van der Waals surface area contributed by atoms with Crippen LogP contribution in [0, 0.1) is 17.2 Å². The largest absolute Gasteiger partial charge is 0.399 e. The van der Waals surface area contributed by atoms with Gasteiger partial charge in [0.05, 0.1) is 12.0 Å². The highest BCUT2D eigenvalue weighted by Crippen LogP contribution is 2.28. The molecule has 0 saturated heterocycles. The van der Waals surface area contributed by atoms with Gasteiger partial charge in [0.1, 0.15) is 6.54 Å². The normalized spacial score (nSPS) is 11.8. The third-order valence-electron chi connectivity index (χ3n) is 3.90. The lowest BCUT2D eigenvalue weighted by atomic mass is 9.88. The molecule has 24 heavy (non-hydrogen) atoms. The van der Waals surface area contributed by atoms with Crippen molar-refractivity contribution in [2.24, 2.45) is 5.92 Å². The number of benzene rings is 2. The van der Waals surface area contributed by atoms with Gasteiger partial charge in [-0.1, -0.05) is 50.2 Å². The first-order chi connectivity index (χ1) is 11.5. The number of carbonyl (C=O) groups excluding carboxylic acids is 1. The van der Waals surface area contributed by atoms with Gasteiger partial charge in [0.25, 0.3) is 0 Å². The molecule has 0 bridgehead atoms. The Morgan fingerprint density at radius 1 is 1.17 bits per heavy atom. The second-order valence-corrected chi connectivity index (χ2v) is 6.31. The molecule has 124 valence electrons. The van der Waals surface area contributed by atoms with Crippen LogP contribution in [0.3, 0.4) is 0 Å². The van der Waals surface area contributed by atoms with Crippen molar-refractivity contribution in [3.05, 3.63) is 54.1 Å². The highest BCUT2D eigenvalue weighted by Gasteiger charge is 2.22. The van der Waals surface area contributed by atoms with Gasteiger partial charge >= 0.3 is 0 Å². The van der Waals surface area contributed by atoms with Gasteiger partial charge in [-0.05, 0) is 41.2 Å². The van der Waals surface area contributed by atoms with Gasteiger partial charge in [-0.3, -0.25) is 4.79 Å². The third kappa shape index (κ3) is 4.60.